The van der Waals surface area contributed by atoms with E-state index in [2.05, 4.69) is 32.3 Å². The topological polar surface area (TPSA) is 66.2 Å². The summed E-state index contributed by atoms with van der Waals surface area (Å²) in [5, 5.41) is 11.7. The summed E-state index contributed by atoms with van der Waals surface area (Å²) in [6.07, 6.45) is 3.06. The summed E-state index contributed by atoms with van der Waals surface area (Å²) in [5.74, 6) is 2.43. The van der Waals surface area contributed by atoms with Gasteiger partial charge < -0.3 is 14.0 Å². The van der Waals surface area contributed by atoms with Gasteiger partial charge in [0.1, 0.15) is 17.3 Å². The molecule has 4 rings (SSSR count). The van der Waals surface area contributed by atoms with Crippen molar-refractivity contribution in [1.82, 2.24) is 14.8 Å². The third-order valence-electron chi connectivity index (χ3n) is 4.60. The number of methoxy groups -OCH3 is 2. The Hall–Kier alpha value is -2.32. The van der Waals surface area contributed by atoms with Gasteiger partial charge in [-0.15, -0.1) is 21.5 Å². The minimum Gasteiger partial charge on any atom is -0.497 e. The standard InChI is InChI=1S/C20H21N3O3S2/c1-25-14-7-8-16(18(10-14)26-2)17(24)12-28-20-22-21-19(23(20)13-5-6-13)11-15-4-3-9-27-15/h3-4,7-10,13H,5-6,11-12H2,1-2H3. The fourth-order valence-corrected chi connectivity index (χ4v) is 4.64. The molecular weight excluding hydrogens is 394 g/mol. The number of nitrogens with zero attached hydrogens (tertiary/aromatic N) is 3. The minimum absolute atomic E-state index is 0.00495. The number of hydrogen-bond donors (Lipinski definition) is 0. The number of ether oxygens (including phenoxy) is 2. The van der Waals surface area contributed by atoms with Gasteiger partial charge in [-0.3, -0.25) is 4.79 Å². The van der Waals surface area contributed by atoms with Gasteiger partial charge in [-0.25, -0.2) is 0 Å². The molecule has 0 aliphatic heterocycles. The first-order valence-corrected chi connectivity index (χ1v) is 10.9. The van der Waals surface area contributed by atoms with Crippen LogP contribution in [0.2, 0.25) is 0 Å². The third kappa shape index (κ3) is 4.07. The SMILES string of the molecule is COc1ccc(C(=O)CSc2nnc(Cc3cccs3)n2C2CC2)c(OC)c1. The first-order chi connectivity index (χ1) is 13.7. The molecular formula is C20H21N3O3S2. The summed E-state index contributed by atoms with van der Waals surface area (Å²) >= 11 is 3.16. The Bertz CT molecular complexity index is 965. The highest BCUT2D eigenvalue weighted by molar-refractivity contribution is 7.99. The zero-order valence-electron chi connectivity index (χ0n) is 15.8. The van der Waals surface area contributed by atoms with Crippen molar-refractivity contribution >= 4 is 28.9 Å². The van der Waals surface area contributed by atoms with Crippen molar-refractivity contribution in [2.45, 2.75) is 30.5 Å². The maximum atomic E-state index is 12.8. The van der Waals surface area contributed by atoms with Gasteiger partial charge in [0, 0.05) is 23.4 Å². The summed E-state index contributed by atoms with van der Waals surface area (Å²) in [6, 6.07) is 9.86. The van der Waals surface area contributed by atoms with Crippen LogP contribution in [-0.2, 0) is 6.42 Å². The van der Waals surface area contributed by atoms with E-state index in [1.54, 1.807) is 43.8 Å². The fraction of sp³-hybridized carbons (Fsp3) is 0.350. The first kappa shape index (κ1) is 19.0. The molecule has 1 saturated carbocycles. The molecule has 2 heterocycles. The zero-order chi connectivity index (χ0) is 19.5. The summed E-state index contributed by atoms with van der Waals surface area (Å²) in [6.45, 7) is 0. The van der Waals surface area contributed by atoms with Crippen LogP contribution in [0, 0.1) is 0 Å². The smallest absolute Gasteiger partial charge is 0.191 e. The second kappa shape index (κ2) is 8.36. The van der Waals surface area contributed by atoms with Crippen LogP contribution >= 0.6 is 23.1 Å². The van der Waals surface area contributed by atoms with Crippen molar-refractivity contribution in [2.24, 2.45) is 0 Å². The molecule has 3 aromatic rings. The molecule has 6 nitrogen and oxygen atoms in total. The quantitative estimate of drug-likeness (QED) is 0.384. The highest BCUT2D eigenvalue weighted by Gasteiger charge is 2.30. The van der Waals surface area contributed by atoms with Gasteiger partial charge in [0.15, 0.2) is 10.9 Å². The van der Waals surface area contributed by atoms with E-state index in [0.717, 1.165) is 30.2 Å². The summed E-state index contributed by atoms with van der Waals surface area (Å²) < 4.78 is 12.8. The number of Topliss-reactive ketones (excluding diaryl/α,β-unsaturated/α-hetero) is 1. The molecule has 2 aromatic heterocycles. The number of rotatable bonds is 9. The van der Waals surface area contributed by atoms with E-state index in [1.165, 1.54) is 16.6 Å². The molecule has 0 amide bonds. The lowest BCUT2D eigenvalue weighted by atomic mass is 10.1. The number of aromatic nitrogens is 3. The Balaban J connectivity index is 1.49. The van der Waals surface area contributed by atoms with E-state index < -0.39 is 0 Å². The molecule has 0 atom stereocenters. The summed E-state index contributed by atoms with van der Waals surface area (Å²) in [4.78, 5) is 14.0. The highest BCUT2D eigenvalue weighted by Crippen LogP contribution is 2.39. The first-order valence-electron chi connectivity index (χ1n) is 9.03. The average molecular weight is 416 g/mol. The van der Waals surface area contributed by atoms with Crippen molar-refractivity contribution in [2.75, 3.05) is 20.0 Å². The number of ketones is 1. The van der Waals surface area contributed by atoms with Crippen LogP contribution < -0.4 is 9.47 Å². The van der Waals surface area contributed by atoms with Crippen LogP contribution in [-0.4, -0.2) is 40.5 Å². The van der Waals surface area contributed by atoms with Gasteiger partial charge in [-0.1, -0.05) is 17.8 Å². The second-order valence-corrected chi connectivity index (χ2v) is 8.51. The van der Waals surface area contributed by atoms with Crippen LogP contribution in [0.5, 0.6) is 11.5 Å². The average Bonchev–Trinajstić information content (AvgIpc) is 3.28. The number of carbonyl (C=O) groups is 1. The van der Waals surface area contributed by atoms with Gasteiger partial charge in [-0.2, -0.15) is 0 Å². The van der Waals surface area contributed by atoms with Gasteiger partial charge in [0.25, 0.3) is 0 Å². The molecule has 0 spiro atoms. The maximum absolute atomic E-state index is 12.8. The summed E-state index contributed by atoms with van der Waals surface area (Å²) in [5.41, 5.74) is 0.548. The molecule has 1 aliphatic carbocycles. The van der Waals surface area contributed by atoms with Crippen molar-refractivity contribution in [3.05, 3.63) is 52.0 Å². The third-order valence-corrected chi connectivity index (χ3v) is 6.42. The molecule has 28 heavy (non-hydrogen) atoms. The van der Waals surface area contributed by atoms with E-state index in [0.29, 0.717) is 23.1 Å². The predicted molar refractivity (Wildman–Crippen MR) is 110 cm³/mol. The van der Waals surface area contributed by atoms with E-state index in [-0.39, 0.29) is 11.5 Å². The lowest BCUT2D eigenvalue weighted by molar-refractivity contribution is 0.101. The molecule has 0 saturated heterocycles. The predicted octanol–water partition coefficient (Wildman–Crippen LogP) is 4.26. The van der Waals surface area contributed by atoms with E-state index in [1.807, 2.05) is 0 Å². The van der Waals surface area contributed by atoms with Crippen LogP contribution in [0.3, 0.4) is 0 Å². The number of carbonyl (C=O) groups excluding carboxylic acids is 1. The van der Waals surface area contributed by atoms with Crippen LogP contribution in [0.25, 0.3) is 0 Å². The Morgan fingerprint density at radius 3 is 2.79 bits per heavy atom. The van der Waals surface area contributed by atoms with E-state index in [9.17, 15) is 4.79 Å². The van der Waals surface area contributed by atoms with Crippen LogP contribution in [0.4, 0.5) is 0 Å². The molecule has 146 valence electrons. The zero-order valence-corrected chi connectivity index (χ0v) is 17.4. The molecule has 8 heteroatoms. The Morgan fingerprint density at radius 2 is 2.11 bits per heavy atom. The molecule has 1 fully saturated rings. The van der Waals surface area contributed by atoms with Gasteiger partial charge >= 0.3 is 0 Å². The normalized spacial score (nSPS) is 13.5. The van der Waals surface area contributed by atoms with E-state index in [4.69, 9.17) is 9.47 Å². The van der Waals surface area contributed by atoms with Crippen molar-refractivity contribution in [3.63, 3.8) is 0 Å². The van der Waals surface area contributed by atoms with Crippen LogP contribution in [0.1, 0.15) is 39.9 Å². The number of thiophene rings is 1. The Labute approximate surface area is 171 Å². The summed E-state index contributed by atoms with van der Waals surface area (Å²) in [7, 11) is 3.14. The Morgan fingerprint density at radius 1 is 1.25 bits per heavy atom. The van der Waals surface area contributed by atoms with Gasteiger partial charge in [0.05, 0.1) is 25.5 Å². The minimum atomic E-state index is -0.00495. The van der Waals surface area contributed by atoms with Crippen molar-refractivity contribution < 1.29 is 14.3 Å². The van der Waals surface area contributed by atoms with E-state index >= 15 is 0 Å². The largest absolute Gasteiger partial charge is 0.497 e. The lowest BCUT2D eigenvalue weighted by Gasteiger charge is -2.10. The van der Waals surface area contributed by atoms with Gasteiger partial charge in [0.2, 0.25) is 0 Å². The second-order valence-electron chi connectivity index (χ2n) is 6.53. The molecule has 1 aromatic carbocycles. The number of hydrogen-bond acceptors (Lipinski definition) is 7. The number of thioether (sulfide) groups is 1. The maximum Gasteiger partial charge on any atom is 0.191 e. The van der Waals surface area contributed by atoms with Crippen molar-refractivity contribution in [3.8, 4) is 11.5 Å². The lowest BCUT2D eigenvalue weighted by Crippen LogP contribution is -2.08. The molecule has 1 aliphatic rings. The monoisotopic (exact) mass is 415 g/mol. The Kier molecular flexibility index (Phi) is 5.68. The number of benzene rings is 1. The molecule has 0 radical (unpaired) electrons. The van der Waals surface area contributed by atoms with Crippen molar-refractivity contribution in [1.29, 1.82) is 0 Å². The molecule has 0 N–H and O–H groups in total. The molecule has 0 unspecified atom stereocenters. The fourth-order valence-electron chi connectivity index (χ4n) is 3.03. The van der Waals surface area contributed by atoms with Crippen LogP contribution in [0.15, 0.2) is 40.9 Å². The van der Waals surface area contributed by atoms with Gasteiger partial charge in [-0.05, 0) is 36.4 Å². The molecule has 0 bridgehead atoms. The highest BCUT2D eigenvalue weighted by atomic mass is 32.2.